The molecule has 0 aromatic rings. The lowest BCUT2D eigenvalue weighted by molar-refractivity contribution is -0.122. The van der Waals surface area contributed by atoms with Gasteiger partial charge in [-0.2, -0.15) is 0 Å². The van der Waals surface area contributed by atoms with Gasteiger partial charge in [0.2, 0.25) is 6.41 Å². The maximum atomic E-state index is 13.1. The van der Waals surface area contributed by atoms with Crippen LogP contribution in [0.5, 0.6) is 0 Å². The lowest BCUT2D eigenvalue weighted by Gasteiger charge is -2.16. The second-order valence-corrected chi connectivity index (χ2v) is 4.34. The summed E-state index contributed by atoms with van der Waals surface area (Å²) in [6.07, 6.45) is -0.525. The Hall–Kier alpha value is -2.20. The lowest BCUT2D eigenvalue weighted by Crippen LogP contribution is -2.30. The number of imide groups is 1. The Morgan fingerprint density at radius 1 is 1.73 bits per heavy atom. The Labute approximate surface area is 124 Å². The zero-order chi connectivity index (χ0) is 16.5. The first-order valence-electron chi connectivity index (χ1n) is 6.29. The monoisotopic (exact) mass is 317 g/mol. The van der Waals surface area contributed by atoms with Crippen molar-refractivity contribution in [3.63, 3.8) is 0 Å². The Balaban J connectivity index is 2.57. The third-order valence-corrected chi connectivity index (χ3v) is 2.84. The summed E-state index contributed by atoms with van der Waals surface area (Å²) in [4.78, 5) is 23.7. The van der Waals surface area contributed by atoms with Crippen molar-refractivity contribution in [2.75, 3.05) is 6.61 Å². The van der Waals surface area contributed by atoms with E-state index in [1.807, 2.05) is 5.32 Å². The van der Waals surface area contributed by atoms with Crippen molar-refractivity contribution in [2.24, 2.45) is 5.11 Å². The molecule has 11 heteroatoms. The van der Waals surface area contributed by atoms with Crippen molar-refractivity contribution >= 4 is 12.3 Å². The van der Waals surface area contributed by atoms with E-state index >= 15 is 0 Å². The number of nitrogens with zero attached hydrogens (tertiary/aromatic N) is 3. The number of amides is 2. The van der Waals surface area contributed by atoms with Crippen molar-refractivity contribution in [1.82, 2.24) is 10.6 Å². The molecular formula is C11H16FN5O5. The van der Waals surface area contributed by atoms with Crippen LogP contribution in [-0.4, -0.2) is 48.9 Å². The summed E-state index contributed by atoms with van der Waals surface area (Å²) < 4.78 is 23.3. The van der Waals surface area contributed by atoms with E-state index in [1.165, 1.54) is 13.1 Å². The highest BCUT2D eigenvalue weighted by Crippen LogP contribution is 2.23. The first kappa shape index (κ1) is 17.9. The zero-order valence-electron chi connectivity index (χ0n) is 11.7. The first-order valence-corrected chi connectivity index (χ1v) is 6.29. The third kappa shape index (κ3) is 5.30. The molecule has 2 amide bonds. The number of alkyl halides is 1. The number of aliphatic hydroxyl groups excluding tert-OH is 1. The highest BCUT2D eigenvalue weighted by atomic mass is 19.1. The number of aliphatic hydroxyl groups is 1. The molecule has 0 radical (unpaired) electrons. The second-order valence-electron chi connectivity index (χ2n) is 4.34. The summed E-state index contributed by atoms with van der Waals surface area (Å²) in [7, 11) is 0. The Morgan fingerprint density at radius 3 is 3.05 bits per heavy atom. The number of hydrogen-bond acceptors (Lipinski definition) is 7. The fourth-order valence-corrected chi connectivity index (χ4v) is 1.79. The fourth-order valence-electron chi connectivity index (χ4n) is 1.79. The summed E-state index contributed by atoms with van der Waals surface area (Å²) >= 11 is 0. The van der Waals surface area contributed by atoms with Gasteiger partial charge in [0.15, 0.2) is 0 Å². The van der Waals surface area contributed by atoms with E-state index in [0.717, 1.165) is 0 Å². The van der Waals surface area contributed by atoms with Gasteiger partial charge in [0.25, 0.3) is 12.4 Å². The molecule has 0 saturated carbocycles. The average Bonchev–Trinajstić information content (AvgIpc) is 2.87. The van der Waals surface area contributed by atoms with Crippen LogP contribution < -0.4 is 10.6 Å². The number of hydrogen-bond donors (Lipinski definition) is 3. The van der Waals surface area contributed by atoms with E-state index in [2.05, 4.69) is 15.3 Å². The maximum absolute atomic E-state index is 13.1. The van der Waals surface area contributed by atoms with Crippen LogP contribution in [0.4, 0.5) is 4.39 Å². The van der Waals surface area contributed by atoms with E-state index in [1.54, 1.807) is 0 Å². The van der Waals surface area contributed by atoms with Crippen LogP contribution in [0.1, 0.15) is 13.3 Å². The molecule has 0 spiro atoms. The molecule has 10 nitrogen and oxygen atoms in total. The molecule has 4 atom stereocenters. The molecule has 4 unspecified atom stereocenters. The Kier molecular flexibility index (Phi) is 7.26. The Bertz CT molecular complexity index is 481. The largest absolute Gasteiger partial charge is 0.394 e. The number of nitrogens with one attached hydrogen (secondary N) is 2. The number of azide groups is 1. The van der Waals surface area contributed by atoms with Gasteiger partial charge in [-0.15, -0.1) is 0 Å². The minimum Gasteiger partial charge on any atom is -0.394 e. The molecule has 122 valence electrons. The molecule has 1 rings (SSSR count). The average molecular weight is 317 g/mol. The van der Waals surface area contributed by atoms with Gasteiger partial charge in [-0.05, 0) is 17.6 Å². The van der Waals surface area contributed by atoms with Crippen molar-refractivity contribution in [2.45, 2.75) is 38.3 Å². The van der Waals surface area contributed by atoms with Crippen molar-refractivity contribution in [3.8, 4) is 0 Å². The van der Waals surface area contributed by atoms with Crippen LogP contribution in [0.3, 0.4) is 0 Å². The molecule has 1 aliphatic heterocycles. The van der Waals surface area contributed by atoms with E-state index < -0.39 is 37.4 Å². The topological polar surface area (TPSA) is 146 Å². The fraction of sp³-hybridized carbons (Fsp3) is 0.636. The van der Waals surface area contributed by atoms with Gasteiger partial charge in [-0.3, -0.25) is 14.9 Å². The number of halogens is 1. The molecule has 0 bridgehead atoms. The molecule has 0 aromatic heterocycles. The minimum absolute atomic E-state index is 0.158. The van der Waals surface area contributed by atoms with Gasteiger partial charge < -0.3 is 19.9 Å². The van der Waals surface area contributed by atoms with Crippen LogP contribution in [-0.2, 0) is 19.1 Å². The van der Waals surface area contributed by atoms with Gasteiger partial charge in [0.05, 0.1) is 12.7 Å². The summed E-state index contributed by atoms with van der Waals surface area (Å²) in [5, 5.41) is 16.6. The van der Waals surface area contributed by atoms with Crippen LogP contribution in [0.25, 0.3) is 10.4 Å². The molecule has 1 saturated heterocycles. The smallest absolute Gasteiger partial charge is 0.279 e. The molecule has 0 aliphatic carbocycles. The second kappa shape index (κ2) is 8.95. The number of carbonyl (C=O) groups excluding carboxylic acids is 2. The van der Waals surface area contributed by atoms with E-state index in [9.17, 15) is 14.0 Å². The summed E-state index contributed by atoms with van der Waals surface area (Å²) in [6, 6.07) is 0. The summed E-state index contributed by atoms with van der Waals surface area (Å²) in [5.41, 5.74) is 8.32. The molecular weight excluding hydrogens is 301 g/mol. The first-order chi connectivity index (χ1) is 10.5. The van der Waals surface area contributed by atoms with Crippen molar-refractivity contribution < 1.29 is 28.6 Å². The molecule has 1 heterocycles. The van der Waals surface area contributed by atoms with Crippen LogP contribution >= 0.6 is 0 Å². The maximum Gasteiger partial charge on any atom is 0.279 e. The van der Waals surface area contributed by atoms with Gasteiger partial charge in [0, 0.05) is 23.1 Å². The number of carbonyl (C=O) groups is 2. The van der Waals surface area contributed by atoms with Gasteiger partial charge in [-0.1, -0.05) is 0 Å². The molecule has 1 fully saturated rings. The van der Waals surface area contributed by atoms with E-state index in [0.29, 0.717) is 0 Å². The van der Waals surface area contributed by atoms with Gasteiger partial charge in [-0.25, -0.2) is 4.39 Å². The zero-order valence-corrected chi connectivity index (χ0v) is 11.7. The third-order valence-electron chi connectivity index (χ3n) is 2.84. The predicted octanol–water partition coefficient (Wildman–Crippen LogP) is -0.192. The number of rotatable bonds is 8. The molecule has 0 aromatic carbocycles. The van der Waals surface area contributed by atoms with E-state index in [4.69, 9.17) is 20.1 Å². The van der Waals surface area contributed by atoms with Crippen LogP contribution in [0, 0.1) is 0 Å². The predicted molar refractivity (Wildman–Crippen MR) is 70.4 cm³/mol. The van der Waals surface area contributed by atoms with Crippen LogP contribution in [0.2, 0.25) is 0 Å². The van der Waals surface area contributed by atoms with E-state index in [-0.39, 0.29) is 18.4 Å². The molecule has 1 aliphatic rings. The minimum atomic E-state index is -2.18. The highest BCUT2D eigenvalue weighted by Gasteiger charge is 2.36. The highest BCUT2D eigenvalue weighted by molar-refractivity contribution is 5.98. The standard InChI is InChI=1S/C11H16FN5O5/c1-6(10(20)15-5-19)3-14-9-2-7(8(4-18)21-9)22-11(12)16-17-13/h3,5,7-9,11,14,18H,2,4H2,1H3,(H,15,19,20)/b6-3-. The van der Waals surface area contributed by atoms with Crippen LogP contribution in [0.15, 0.2) is 16.9 Å². The van der Waals surface area contributed by atoms with Gasteiger partial charge in [0.1, 0.15) is 12.3 Å². The summed E-state index contributed by atoms with van der Waals surface area (Å²) in [6.45, 7) is -1.13. The Morgan fingerprint density at radius 2 is 2.45 bits per heavy atom. The quantitative estimate of drug-likeness (QED) is 0.141. The van der Waals surface area contributed by atoms with Crippen molar-refractivity contribution in [3.05, 3.63) is 22.2 Å². The normalized spacial score (nSPS) is 26.0. The molecule has 3 N–H and O–H groups in total. The van der Waals surface area contributed by atoms with Gasteiger partial charge >= 0.3 is 0 Å². The lowest BCUT2D eigenvalue weighted by atomic mass is 10.2. The number of ether oxygens (including phenoxy) is 2. The SMILES string of the molecule is C/C(=C/NC1CC(OC(F)N=[N+]=[N-])C(CO)O1)C(=O)NC=O. The molecule has 22 heavy (non-hydrogen) atoms. The van der Waals surface area contributed by atoms with Crippen molar-refractivity contribution in [1.29, 1.82) is 0 Å². The summed E-state index contributed by atoms with van der Waals surface area (Å²) in [5.74, 6) is -0.584.